The van der Waals surface area contributed by atoms with Gasteiger partial charge in [-0.3, -0.25) is 0 Å². The van der Waals surface area contributed by atoms with E-state index in [1.54, 1.807) is 0 Å². The SMILES string of the molecule is CCCCC1(CCC)COCOC1. The van der Waals surface area contributed by atoms with E-state index < -0.39 is 0 Å². The molecule has 78 valence electrons. The molecule has 0 spiro atoms. The highest BCUT2D eigenvalue weighted by atomic mass is 16.7. The third kappa shape index (κ3) is 3.28. The number of rotatable bonds is 5. The molecular formula is C11H22O2. The van der Waals surface area contributed by atoms with Crippen LogP contribution in [0.15, 0.2) is 0 Å². The maximum atomic E-state index is 5.41. The number of hydrogen-bond donors (Lipinski definition) is 0. The Kier molecular flexibility index (Phi) is 4.74. The zero-order chi connectivity index (χ0) is 9.57. The summed E-state index contributed by atoms with van der Waals surface area (Å²) < 4.78 is 10.8. The fraction of sp³-hybridized carbons (Fsp3) is 1.00. The first-order chi connectivity index (χ1) is 6.33. The predicted molar refractivity (Wildman–Crippen MR) is 53.6 cm³/mol. The second kappa shape index (κ2) is 5.61. The molecule has 2 heteroatoms. The first-order valence-electron chi connectivity index (χ1n) is 5.48. The standard InChI is InChI=1S/C11H22O2/c1-3-5-7-11(6-4-2)8-12-10-13-9-11/h3-10H2,1-2H3. The molecule has 1 aliphatic heterocycles. The minimum Gasteiger partial charge on any atom is -0.355 e. The van der Waals surface area contributed by atoms with Gasteiger partial charge in [-0.05, 0) is 12.8 Å². The highest BCUT2D eigenvalue weighted by molar-refractivity contribution is 4.79. The van der Waals surface area contributed by atoms with E-state index in [0.29, 0.717) is 12.2 Å². The molecule has 0 unspecified atom stereocenters. The van der Waals surface area contributed by atoms with E-state index in [9.17, 15) is 0 Å². The monoisotopic (exact) mass is 186 g/mol. The van der Waals surface area contributed by atoms with E-state index in [-0.39, 0.29) is 0 Å². The summed E-state index contributed by atoms with van der Waals surface area (Å²) in [6.07, 6.45) is 6.30. The molecule has 1 rings (SSSR count). The van der Waals surface area contributed by atoms with Gasteiger partial charge in [0.25, 0.3) is 0 Å². The van der Waals surface area contributed by atoms with Crippen LogP contribution in [0.4, 0.5) is 0 Å². The molecule has 0 saturated carbocycles. The molecule has 1 heterocycles. The van der Waals surface area contributed by atoms with Crippen LogP contribution >= 0.6 is 0 Å². The lowest BCUT2D eigenvalue weighted by atomic mass is 9.80. The quantitative estimate of drug-likeness (QED) is 0.657. The van der Waals surface area contributed by atoms with Crippen LogP contribution in [-0.2, 0) is 9.47 Å². The smallest absolute Gasteiger partial charge is 0.146 e. The lowest BCUT2D eigenvalue weighted by Gasteiger charge is -2.36. The van der Waals surface area contributed by atoms with Crippen molar-refractivity contribution in [2.75, 3.05) is 20.0 Å². The first kappa shape index (κ1) is 11.0. The van der Waals surface area contributed by atoms with Crippen LogP contribution in [0.5, 0.6) is 0 Å². The third-order valence-electron chi connectivity index (χ3n) is 2.82. The molecule has 0 atom stereocenters. The van der Waals surface area contributed by atoms with Gasteiger partial charge in [0.05, 0.1) is 13.2 Å². The largest absolute Gasteiger partial charge is 0.355 e. The molecular weight excluding hydrogens is 164 g/mol. The second-order valence-electron chi connectivity index (χ2n) is 4.17. The van der Waals surface area contributed by atoms with E-state index in [4.69, 9.17) is 9.47 Å². The number of unbranched alkanes of at least 4 members (excludes halogenated alkanes) is 1. The summed E-state index contributed by atoms with van der Waals surface area (Å²) in [5.74, 6) is 0. The Labute approximate surface area is 81.6 Å². The minimum absolute atomic E-state index is 0.336. The highest BCUT2D eigenvalue weighted by Crippen LogP contribution is 2.33. The molecule has 13 heavy (non-hydrogen) atoms. The average Bonchev–Trinajstić information content (AvgIpc) is 2.17. The lowest BCUT2D eigenvalue weighted by Crippen LogP contribution is -2.37. The normalized spacial score (nSPS) is 21.7. The van der Waals surface area contributed by atoms with Gasteiger partial charge in [-0.1, -0.05) is 33.1 Å². The first-order valence-corrected chi connectivity index (χ1v) is 5.48. The van der Waals surface area contributed by atoms with Gasteiger partial charge in [-0.2, -0.15) is 0 Å². The average molecular weight is 186 g/mol. The van der Waals surface area contributed by atoms with Crippen LogP contribution in [0.2, 0.25) is 0 Å². The Hall–Kier alpha value is -0.0800. The predicted octanol–water partition coefficient (Wildman–Crippen LogP) is 2.97. The molecule has 0 radical (unpaired) electrons. The van der Waals surface area contributed by atoms with Crippen molar-refractivity contribution in [2.24, 2.45) is 5.41 Å². The summed E-state index contributed by atoms with van der Waals surface area (Å²) in [6, 6.07) is 0. The Morgan fingerprint density at radius 3 is 2.23 bits per heavy atom. The molecule has 0 aromatic rings. The Morgan fingerprint density at radius 2 is 1.69 bits per heavy atom. The summed E-state index contributed by atoms with van der Waals surface area (Å²) in [6.45, 7) is 6.78. The number of hydrogen-bond acceptors (Lipinski definition) is 2. The minimum atomic E-state index is 0.336. The molecule has 1 fully saturated rings. The van der Waals surface area contributed by atoms with Crippen molar-refractivity contribution in [3.8, 4) is 0 Å². The second-order valence-corrected chi connectivity index (χ2v) is 4.17. The molecule has 0 amide bonds. The van der Waals surface area contributed by atoms with Crippen molar-refractivity contribution in [1.29, 1.82) is 0 Å². The van der Waals surface area contributed by atoms with Crippen molar-refractivity contribution in [2.45, 2.75) is 46.0 Å². The topological polar surface area (TPSA) is 18.5 Å². The van der Waals surface area contributed by atoms with Crippen molar-refractivity contribution in [3.05, 3.63) is 0 Å². The Bertz CT molecular complexity index is 123. The summed E-state index contributed by atoms with van der Waals surface area (Å²) in [7, 11) is 0. The Balaban J connectivity index is 2.40. The van der Waals surface area contributed by atoms with Gasteiger partial charge in [0.15, 0.2) is 0 Å². The van der Waals surface area contributed by atoms with Crippen LogP contribution < -0.4 is 0 Å². The molecule has 0 aromatic heterocycles. The van der Waals surface area contributed by atoms with Crippen LogP contribution in [0.3, 0.4) is 0 Å². The summed E-state index contributed by atoms with van der Waals surface area (Å²) in [5, 5.41) is 0. The maximum absolute atomic E-state index is 5.41. The van der Waals surface area contributed by atoms with Gasteiger partial charge < -0.3 is 9.47 Å². The molecule has 2 nitrogen and oxygen atoms in total. The van der Waals surface area contributed by atoms with Gasteiger partial charge in [0.2, 0.25) is 0 Å². The van der Waals surface area contributed by atoms with Gasteiger partial charge in [0.1, 0.15) is 6.79 Å². The molecule has 0 aliphatic carbocycles. The Morgan fingerprint density at radius 1 is 1.00 bits per heavy atom. The van der Waals surface area contributed by atoms with Crippen molar-refractivity contribution in [3.63, 3.8) is 0 Å². The lowest BCUT2D eigenvalue weighted by molar-refractivity contribution is -0.169. The van der Waals surface area contributed by atoms with Gasteiger partial charge in [-0.15, -0.1) is 0 Å². The van der Waals surface area contributed by atoms with Gasteiger partial charge in [0, 0.05) is 5.41 Å². The summed E-state index contributed by atoms with van der Waals surface area (Å²) >= 11 is 0. The van der Waals surface area contributed by atoms with Gasteiger partial charge >= 0.3 is 0 Å². The van der Waals surface area contributed by atoms with Crippen molar-refractivity contribution < 1.29 is 9.47 Å². The van der Waals surface area contributed by atoms with Crippen LogP contribution in [0, 0.1) is 5.41 Å². The maximum Gasteiger partial charge on any atom is 0.146 e. The molecule has 1 aliphatic rings. The van der Waals surface area contributed by atoms with E-state index in [2.05, 4.69) is 13.8 Å². The molecule has 0 bridgehead atoms. The zero-order valence-corrected chi connectivity index (χ0v) is 8.97. The third-order valence-corrected chi connectivity index (χ3v) is 2.82. The summed E-state index contributed by atoms with van der Waals surface area (Å²) in [5.41, 5.74) is 0.336. The highest BCUT2D eigenvalue weighted by Gasteiger charge is 2.31. The van der Waals surface area contributed by atoms with Crippen LogP contribution in [0.1, 0.15) is 46.0 Å². The van der Waals surface area contributed by atoms with E-state index in [1.165, 1.54) is 32.1 Å². The fourth-order valence-electron chi connectivity index (χ4n) is 2.11. The van der Waals surface area contributed by atoms with Crippen molar-refractivity contribution >= 4 is 0 Å². The molecule has 1 saturated heterocycles. The van der Waals surface area contributed by atoms with E-state index >= 15 is 0 Å². The molecule has 0 N–H and O–H groups in total. The number of ether oxygens (including phenoxy) is 2. The van der Waals surface area contributed by atoms with E-state index in [0.717, 1.165) is 13.2 Å². The molecule has 0 aromatic carbocycles. The zero-order valence-electron chi connectivity index (χ0n) is 8.97. The van der Waals surface area contributed by atoms with Crippen molar-refractivity contribution in [1.82, 2.24) is 0 Å². The fourth-order valence-corrected chi connectivity index (χ4v) is 2.11. The van der Waals surface area contributed by atoms with Crippen LogP contribution in [0.25, 0.3) is 0 Å². The van der Waals surface area contributed by atoms with Gasteiger partial charge in [-0.25, -0.2) is 0 Å². The van der Waals surface area contributed by atoms with Crippen LogP contribution in [-0.4, -0.2) is 20.0 Å². The summed E-state index contributed by atoms with van der Waals surface area (Å²) in [4.78, 5) is 0. The van der Waals surface area contributed by atoms with E-state index in [1.807, 2.05) is 0 Å².